The first kappa shape index (κ1) is 15.1. The molecule has 5 nitrogen and oxygen atoms in total. The lowest BCUT2D eigenvalue weighted by molar-refractivity contribution is -0.141. The van der Waals surface area contributed by atoms with Crippen LogP contribution in [0.3, 0.4) is 0 Å². The molecule has 19 heavy (non-hydrogen) atoms. The van der Waals surface area contributed by atoms with Gasteiger partial charge in [0, 0.05) is 13.1 Å². The number of carboxylic acid groups (broad SMARTS) is 2. The number of hydrogen-bond acceptors (Lipinski definition) is 3. The van der Waals surface area contributed by atoms with Crippen molar-refractivity contribution in [2.24, 2.45) is 0 Å². The number of carbonyl (C=O) groups is 2. The number of carboxylic acids is 2. The van der Waals surface area contributed by atoms with Crippen molar-refractivity contribution in [2.45, 2.75) is 12.8 Å². The fourth-order valence-electron chi connectivity index (χ4n) is 1.65. The number of benzene rings is 1. The van der Waals surface area contributed by atoms with Crippen molar-refractivity contribution in [1.82, 2.24) is 4.90 Å². The molecule has 0 heterocycles. The van der Waals surface area contributed by atoms with E-state index in [-0.39, 0.29) is 25.3 Å². The van der Waals surface area contributed by atoms with Crippen LogP contribution in [0.2, 0.25) is 0 Å². The summed E-state index contributed by atoms with van der Waals surface area (Å²) in [7, 11) is 0. The number of hydrogen-bond donors (Lipinski definition) is 2. The highest BCUT2D eigenvalue weighted by Gasteiger charge is 2.11. The van der Waals surface area contributed by atoms with Crippen LogP contribution >= 0.6 is 0 Å². The summed E-state index contributed by atoms with van der Waals surface area (Å²) in [6, 6.07) is 5.94. The largest absolute Gasteiger partial charge is 0.481 e. The zero-order valence-electron chi connectivity index (χ0n) is 10.4. The minimum Gasteiger partial charge on any atom is -0.481 e. The number of aliphatic carboxylic acids is 2. The van der Waals surface area contributed by atoms with Gasteiger partial charge in [-0.05, 0) is 24.1 Å². The average Bonchev–Trinajstić information content (AvgIpc) is 2.34. The van der Waals surface area contributed by atoms with E-state index in [1.54, 1.807) is 17.0 Å². The quantitative estimate of drug-likeness (QED) is 0.742. The third-order valence-electron chi connectivity index (χ3n) is 2.63. The predicted molar refractivity (Wildman–Crippen MR) is 66.4 cm³/mol. The molecule has 0 unspecified atom stereocenters. The molecule has 0 saturated heterocycles. The Morgan fingerprint density at radius 3 is 2.21 bits per heavy atom. The van der Waals surface area contributed by atoms with Crippen LogP contribution in [0, 0.1) is 5.82 Å². The van der Waals surface area contributed by atoms with E-state index in [1.807, 2.05) is 0 Å². The minimum atomic E-state index is -0.996. The molecule has 0 aliphatic heterocycles. The van der Waals surface area contributed by atoms with Gasteiger partial charge in [-0.2, -0.15) is 0 Å². The normalized spacial score (nSPS) is 10.6. The summed E-state index contributed by atoms with van der Waals surface area (Å²) in [6.07, 6.45) is 0.448. The van der Waals surface area contributed by atoms with E-state index in [2.05, 4.69) is 0 Å². The Bertz CT molecular complexity index is 433. The summed E-state index contributed by atoms with van der Waals surface area (Å²) in [4.78, 5) is 22.7. The van der Waals surface area contributed by atoms with Gasteiger partial charge < -0.3 is 10.2 Å². The second-order valence-corrected chi connectivity index (χ2v) is 4.19. The van der Waals surface area contributed by atoms with E-state index in [0.717, 1.165) is 5.56 Å². The fourth-order valence-corrected chi connectivity index (χ4v) is 1.65. The van der Waals surface area contributed by atoms with Gasteiger partial charge in [0.05, 0.1) is 13.0 Å². The van der Waals surface area contributed by atoms with Crippen molar-refractivity contribution in [3.05, 3.63) is 35.6 Å². The zero-order chi connectivity index (χ0) is 14.3. The van der Waals surface area contributed by atoms with Crippen LogP contribution in [0.15, 0.2) is 24.3 Å². The van der Waals surface area contributed by atoms with Gasteiger partial charge in [0.1, 0.15) is 5.82 Å². The summed E-state index contributed by atoms with van der Waals surface area (Å²) < 4.78 is 12.7. The molecule has 0 bridgehead atoms. The van der Waals surface area contributed by atoms with E-state index in [1.165, 1.54) is 12.1 Å². The maximum atomic E-state index is 12.7. The molecule has 0 aliphatic rings. The first-order valence-corrected chi connectivity index (χ1v) is 5.88. The van der Waals surface area contributed by atoms with Gasteiger partial charge in [-0.15, -0.1) is 0 Å². The molecule has 1 aromatic carbocycles. The molecule has 0 amide bonds. The number of nitrogens with zero attached hydrogens (tertiary/aromatic N) is 1. The Hall–Kier alpha value is -1.95. The summed E-state index contributed by atoms with van der Waals surface area (Å²) in [5, 5.41) is 17.3. The molecule has 0 fully saturated rings. The van der Waals surface area contributed by atoms with Gasteiger partial charge in [0.25, 0.3) is 0 Å². The Labute approximate surface area is 110 Å². The van der Waals surface area contributed by atoms with Crippen molar-refractivity contribution < 1.29 is 24.2 Å². The second kappa shape index (κ2) is 7.48. The van der Waals surface area contributed by atoms with E-state index in [9.17, 15) is 14.0 Å². The maximum absolute atomic E-state index is 12.7. The molecule has 1 rings (SSSR count). The van der Waals surface area contributed by atoms with Gasteiger partial charge in [-0.25, -0.2) is 4.39 Å². The van der Waals surface area contributed by atoms with Crippen LogP contribution in [0.25, 0.3) is 0 Å². The maximum Gasteiger partial charge on any atom is 0.317 e. The molecular formula is C13H16FNO4. The Morgan fingerprint density at radius 1 is 1.05 bits per heavy atom. The SMILES string of the molecule is O=C(O)CCN(CCc1ccc(F)cc1)CC(=O)O. The molecule has 0 atom stereocenters. The van der Waals surface area contributed by atoms with Crippen LogP contribution < -0.4 is 0 Å². The lowest BCUT2D eigenvalue weighted by atomic mass is 10.1. The van der Waals surface area contributed by atoms with Gasteiger partial charge >= 0.3 is 11.9 Å². The van der Waals surface area contributed by atoms with Crippen molar-refractivity contribution in [2.75, 3.05) is 19.6 Å². The predicted octanol–water partition coefficient (Wildman–Crippen LogP) is 1.23. The van der Waals surface area contributed by atoms with Gasteiger partial charge in [0.15, 0.2) is 0 Å². The van der Waals surface area contributed by atoms with E-state index < -0.39 is 11.9 Å². The summed E-state index contributed by atoms with van der Waals surface area (Å²) in [5.74, 6) is -2.28. The molecule has 0 radical (unpaired) electrons. The van der Waals surface area contributed by atoms with Crippen LogP contribution in [0.5, 0.6) is 0 Å². The highest BCUT2D eigenvalue weighted by molar-refractivity contribution is 5.69. The van der Waals surface area contributed by atoms with Gasteiger partial charge in [-0.3, -0.25) is 14.5 Å². The highest BCUT2D eigenvalue weighted by atomic mass is 19.1. The topological polar surface area (TPSA) is 77.8 Å². The standard InChI is InChI=1S/C13H16FNO4/c14-11-3-1-10(2-4-11)5-7-15(9-13(18)19)8-6-12(16)17/h1-4H,5-9H2,(H,16,17)(H,18,19). The van der Waals surface area contributed by atoms with Crippen molar-refractivity contribution in [3.8, 4) is 0 Å². The highest BCUT2D eigenvalue weighted by Crippen LogP contribution is 2.05. The Morgan fingerprint density at radius 2 is 1.68 bits per heavy atom. The molecule has 0 spiro atoms. The van der Waals surface area contributed by atoms with Crippen molar-refractivity contribution >= 4 is 11.9 Å². The molecule has 2 N–H and O–H groups in total. The van der Waals surface area contributed by atoms with Crippen LogP contribution in [0.1, 0.15) is 12.0 Å². The molecule has 6 heteroatoms. The van der Waals surface area contributed by atoms with Crippen molar-refractivity contribution in [1.29, 1.82) is 0 Å². The van der Waals surface area contributed by atoms with Crippen LogP contribution in [-0.4, -0.2) is 46.7 Å². The zero-order valence-corrected chi connectivity index (χ0v) is 10.4. The fraction of sp³-hybridized carbons (Fsp3) is 0.385. The van der Waals surface area contributed by atoms with Crippen LogP contribution in [0.4, 0.5) is 4.39 Å². The first-order chi connectivity index (χ1) is 8.97. The molecule has 0 saturated carbocycles. The number of rotatable bonds is 8. The van der Waals surface area contributed by atoms with Gasteiger partial charge in [0.2, 0.25) is 0 Å². The Balaban J connectivity index is 2.49. The molecule has 0 aliphatic carbocycles. The first-order valence-electron chi connectivity index (χ1n) is 5.88. The van der Waals surface area contributed by atoms with Crippen molar-refractivity contribution in [3.63, 3.8) is 0 Å². The molecule has 104 valence electrons. The third-order valence-corrected chi connectivity index (χ3v) is 2.63. The van der Waals surface area contributed by atoms with Crippen LogP contribution in [-0.2, 0) is 16.0 Å². The summed E-state index contributed by atoms with van der Waals surface area (Å²) >= 11 is 0. The summed E-state index contributed by atoms with van der Waals surface area (Å²) in [6.45, 7) is 0.405. The lowest BCUT2D eigenvalue weighted by Crippen LogP contribution is -2.33. The molecule has 0 aromatic heterocycles. The summed E-state index contributed by atoms with van der Waals surface area (Å²) in [5.41, 5.74) is 0.882. The lowest BCUT2D eigenvalue weighted by Gasteiger charge is -2.19. The minimum absolute atomic E-state index is 0.100. The molecule has 1 aromatic rings. The Kier molecular flexibility index (Phi) is 5.95. The smallest absolute Gasteiger partial charge is 0.317 e. The average molecular weight is 269 g/mol. The van der Waals surface area contributed by atoms with E-state index in [0.29, 0.717) is 13.0 Å². The second-order valence-electron chi connectivity index (χ2n) is 4.19. The van der Waals surface area contributed by atoms with E-state index in [4.69, 9.17) is 10.2 Å². The molecular weight excluding hydrogens is 253 g/mol. The van der Waals surface area contributed by atoms with Gasteiger partial charge in [-0.1, -0.05) is 12.1 Å². The van der Waals surface area contributed by atoms with E-state index >= 15 is 0 Å². The third kappa shape index (κ3) is 6.52. The monoisotopic (exact) mass is 269 g/mol. The number of halogens is 1.